The van der Waals surface area contributed by atoms with E-state index in [-0.39, 0.29) is 29.5 Å². The number of nitrogens with two attached hydrogens (primary N) is 1. The summed E-state index contributed by atoms with van der Waals surface area (Å²) in [7, 11) is 2.88. The monoisotopic (exact) mass is 581 g/mol. The lowest BCUT2D eigenvalue weighted by Crippen LogP contribution is -2.33. The second-order valence-corrected chi connectivity index (χ2v) is 9.94. The van der Waals surface area contributed by atoms with Gasteiger partial charge in [0.1, 0.15) is 30.8 Å². The number of rotatable bonds is 10. The van der Waals surface area contributed by atoms with Gasteiger partial charge in [-0.05, 0) is 40.5 Å². The number of hydrogen-bond acceptors (Lipinski definition) is 7. The van der Waals surface area contributed by atoms with E-state index in [1.165, 1.54) is 14.2 Å². The molecule has 2 N–H and O–H groups in total. The number of carbonyl (C=O) groups excluding carboxylic acids is 2. The molecule has 1 unspecified atom stereocenters. The number of carbonyl (C=O) groups is 2. The van der Waals surface area contributed by atoms with E-state index in [2.05, 4.69) is 0 Å². The van der Waals surface area contributed by atoms with Crippen molar-refractivity contribution in [2.24, 2.45) is 11.7 Å². The maximum Gasteiger partial charge on any atom is 0.342 e. The third-order valence-electron chi connectivity index (χ3n) is 6.45. The lowest BCUT2D eigenvalue weighted by atomic mass is 9.87. The minimum Gasteiger partial charge on any atom is -0.494 e. The highest BCUT2D eigenvalue weighted by atomic mass is 35.5. The predicted molar refractivity (Wildman–Crippen MR) is 153 cm³/mol. The molecule has 0 aliphatic heterocycles. The van der Waals surface area contributed by atoms with E-state index >= 15 is 0 Å². The molecule has 0 saturated heterocycles. The van der Waals surface area contributed by atoms with Gasteiger partial charge in [-0.2, -0.15) is 0 Å². The first-order chi connectivity index (χ1) is 19.3. The van der Waals surface area contributed by atoms with Crippen molar-refractivity contribution in [2.75, 3.05) is 14.2 Å². The fourth-order valence-corrected chi connectivity index (χ4v) is 5.03. The maximum absolute atomic E-state index is 13.1. The Kier molecular flexibility index (Phi) is 10.0. The Morgan fingerprint density at radius 2 is 1.50 bits per heavy atom. The summed E-state index contributed by atoms with van der Waals surface area (Å²) >= 11 is 13.0. The second kappa shape index (κ2) is 13.6. The molecule has 1 aliphatic rings. The van der Waals surface area contributed by atoms with Gasteiger partial charge in [0.05, 0.1) is 18.2 Å². The van der Waals surface area contributed by atoms with Crippen LogP contribution < -0.4 is 10.5 Å². The van der Waals surface area contributed by atoms with Crippen molar-refractivity contribution < 1.29 is 28.5 Å². The average molecular weight is 582 g/mol. The quantitative estimate of drug-likeness (QED) is 0.287. The first-order valence-corrected chi connectivity index (χ1v) is 13.2. The molecule has 3 aromatic rings. The molecule has 3 aromatic carbocycles. The molecule has 0 fully saturated rings. The minimum atomic E-state index is -0.837. The van der Waals surface area contributed by atoms with Crippen molar-refractivity contribution in [3.63, 3.8) is 0 Å². The fraction of sp³-hybridized carbons (Fsp3) is 0.226. The predicted octanol–water partition coefficient (Wildman–Crippen LogP) is 6.14. The van der Waals surface area contributed by atoms with Crippen LogP contribution in [0, 0.1) is 5.92 Å². The Balaban J connectivity index is 1.58. The van der Waals surface area contributed by atoms with E-state index in [1.54, 1.807) is 24.3 Å². The molecule has 0 bridgehead atoms. The Morgan fingerprint density at radius 1 is 0.900 bits per heavy atom. The van der Waals surface area contributed by atoms with Gasteiger partial charge in [0, 0.05) is 12.1 Å². The molecule has 0 aromatic heterocycles. The summed E-state index contributed by atoms with van der Waals surface area (Å²) in [6.07, 6.45) is 2.58. The topological polar surface area (TPSA) is 97.1 Å². The zero-order valence-corrected chi connectivity index (χ0v) is 23.5. The molecular formula is C31H29Cl2NO6. The number of ether oxygens (including phenoxy) is 4. The van der Waals surface area contributed by atoms with Gasteiger partial charge < -0.3 is 24.7 Å². The highest BCUT2D eigenvalue weighted by Crippen LogP contribution is 2.38. The van der Waals surface area contributed by atoms with Gasteiger partial charge in [-0.1, -0.05) is 89.9 Å². The largest absolute Gasteiger partial charge is 0.494 e. The van der Waals surface area contributed by atoms with E-state index in [1.807, 2.05) is 60.7 Å². The van der Waals surface area contributed by atoms with Crippen LogP contribution in [0.2, 0.25) is 5.02 Å². The molecule has 40 heavy (non-hydrogen) atoms. The third-order valence-corrected chi connectivity index (χ3v) is 7.05. The van der Waals surface area contributed by atoms with E-state index in [4.69, 9.17) is 47.9 Å². The van der Waals surface area contributed by atoms with Crippen LogP contribution in [-0.4, -0.2) is 32.3 Å². The summed E-state index contributed by atoms with van der Waals surface area (Å²) < 4.78 is 22.0. The standard InChI is InChI=1S/C31H29Cl2NO6/c1-37-28-23(30(35)39-17-19-9-5-3-6-10-19)13-21(15-25(28)32)27(34)22-14-24(29(38-2)26(33)16-22)31(36)40-18-20-11-7-4-8-12-20/h3-16,23,27-28H,17-18,34H2,1-2H3/t23-,27?,28-/m1/s1. The minimum absolute atomic E-state index is 0.0748. The van der Waals surface area contributed by atoms with Crippen molar-refractivity contribution in [2.45, 2.75) is 25.4 Å². The highest BCUT2D eigenvalue weighted by Gasteiger charge is 2.35. The SMILES string of the molecule is COc1c(Cl)cc(C(N)C2=C[C@@H](C(=O)OCc3ccccc3)[C@@H](OC)C(Cl)=C2)cc1C(=O)OCc1ccccc1. The number of esters is 2. The van der Waals surface area contributed by atoms with E-state index in [0.717, 1.165) is 11.1 Å². The first kappa shape index (κ1) is 29.4. The number of benzene rings is 3. The van der Waals surface area contributed by atoms with Gasteiger partial charge in [0.25, 0.3) is 0 Å². The summed E-state index contributed by atoms with van der Waals surface area (Å²) in [6, 6.07) is 21.0. The van der Waals surface area contributed by atoms with Crippen LogP contribution in [0.25, 0.3) is 0 Å². The van der Waals surface area contributed by atoms with Crippen LogP contribution >= 0.6 is 23.2 Å². The maximum atomic E-state index is 13.1. The molecule has 0 heterocycles. The molecule has 3 atom stereocenters. The molecule has 208 valence electrons. The molecule has 0 saturated carbocycles. The van der Waals surface area contributed by atoms with E-state index in [0.29, 0.717) is 16.2 Å². The van der Waals surface area contributed by atoms with Crippen molar-refractivity contribution in [1.29, 1.82) is 0 Å². The van der Waals surface area contributed by atoms with Gasteiger partial charge in [-0.3, -0.25) is 4.79 Å². The fourth-order valence-electron chi connectivity index (χ4n) is 4.37. The van der Waals surface area contributed by atoms with E-state index < -0.39 is 30.0 Å². The van der Waals surface area contributed by atoms with Crippen molar-refractivity contribution in [3.05, 3.63) is 123 Å². The Morgan fingerprint density at radius 3 is 2.08 bits per heavy atom. The second-order valence-electron chi connectivity index (χ2n) is 9.09. The van der Waals surface area contributed by atoms with Crippen LogP contribution in [0.3, 0.4) is 0 Å². The summed E-state index contributed by atoms with van der Waals surface area (Å²) in [5.41, 5.74) is 9.46. The zero-order chi connectivity index (χ0) is 28.6. The zero-order valence-electron chi connectivity index (χ0n) is 22.0. The van der Waals surface area contributed by atoms with Gasteiger partial charge in [0.15, 0.2) is 5.75 Å². The normalized spacial score (nSPS) is 17.3. The van der Waals surface area contributed by atoms with Crippen LogP contribution in [0.1, 0.15) is 33.1 Å². The third kappa shape index (κ3) is 6.92. The Bertz CT molecular complexity index is 1410. The van der Waals surface area contributed by atoms with Crippen LogP contribution in [0.5, 0.6) is 5.75 Å². The number of methoxy groups -OCH3 is 2. The van der Waals surface area contributed by atoms with Crippen LogP contribution in [-0.2, 0) is 32.2 Å². The molecular weight excluding hydrogens is 553 g/mol. The molecule has 1 aliphatic carbocycles. The molecule has 7 nitrogen and oxygen atoms in total. The van der Waals surface area contributed by atoms with E-state index in [9.17, 15) is 9.59 Å². The first-order valence-electron chi connectivity index (χ1n) is 12.5. The molecule has 0 spiro atoms. The summed E-state index contributed by atoms with van der Waals surface area (Å²) in [5, 5.41) is 0.474. The summed E-state index contributed by atoms with van der Waals surface area (Å²) in [4.78, 5) is 26.1. The van der Waals surface area contributed by atoms with Gasteiger partial charge in [0.2, 0.25) is 0 Å². The summed E-state index contributed by atoms with van der Waals surface area (Å²) in [6.45, 7) is 0.178. The van der Waals surface area contributed by atoms with Crippen molar-refractivity contribution in [3.8, 4) is 5.75 Å². The lowest BCUT2D eigenvalue weighted by Gasteiger charge is -2.28. The Hall–Kier alpha value is -3.62. The van der Waals surface area contributed by atoms with Crippen molar-refractivity contribution >= 4 is 35.1 Å². The molecule has 4 rings (SSSR count). The van der Waals surface area contributed by atoms with Crippen molar-refractivity contribution in [1.82, 2.24) is 0 Å². The Labute approximate surface area is 243 Å². The molecule has 0 radical (unpaired) electrons. The smallest absolute Gasteiger partial charge is 0.342 e. The average Bonchev–Trinajstić information content (AvgIpc) is 2.98. The molecule has 0 amide bonds. The number of hydrogen-bond donors (Lipinski definition) is 1. The van der Waals surface area contributed by atoms with Crippen LogP contribution in [0.15, 0.2) is 95.6 Å². The summed E-state index contributed by atoms with van der Waals surface area (Å²) in [5.74, 6) is -1.80. The van der Waals surface area contributed by atoms with Crippen LogP contribution in [0.4, 0.5) is 0 Å². The molecule has 9 heteroatoms. The highest BCUT2D eigenvalue weighted by molar-refractivity contribution is 6.32. The van der Waals surface area contributed by atoms with Gasteiger partial charge in [-0.15, -0.1) is 0 Å². The number of halogens is 2. The van der Waals surface area contributed by atoms with Gasteiger partial charge >= 0.3 is 11.9 Å². The van der Waals surface area contributed by atoms with Gasteiger partial charge in [-0.25, -0.2) is 4.79 Å². The lowest BCUT2D eigenvalue weighted by molar-refractivity contribution is -0.151.